The molecule has 0 amide bonds. The Morgan fingerprint density at radius 3 is 2.79 bits per heavy atom. The molecule has 1 aromatic carbocycles. The summed E-state index contributed by atoms with van der Waals surface area (Å²) in [5.74, 6) is 1.19. The summed E-state index contributed by atoms with van der Waals surface area (Å²) in [6.07, 6.45) is 12.8. The topological polar surface area (TPSA) is 92.8 Å². The molecular weight excluding hydrogens is 373 g/mol. The van der Waals surface area contributed by atoms with Crippen LogP contribution < -0.4 is 5.73 Å². The number of fused-ring (bicyclic) bond motifs is 1. The van der Waals surface area contributed by atoms with Crippen molar-refractivity contribution >= 4 is 7.82 Å². The number of aryl methyl sites for hydroxylation is 1. The molecule has 158 valence electrons. The number of nitrogens with two attached hydrogens (primary N) is 1. The Hall–Kier alpha value is -0.710. The fraction of sp³-hybridized carbons (Fsp3) is 0.727. The largest absolute Gasteiger partial charge is 0.469 e. The monoisotopic (exact) mass is 409 g/mol. The van der Waals surface area contributed by atoms with Crippen LogP contribution in [0.4, 0.5) is 0 Å². The fourth-order valence-corrected chi connectivity index (χ4v) is 5.42. The first-order valence-electron chi connectivity index (χ1n) is 10.9. The normalized spacial score (nSPS) is 27.7. The van der Waals surface area contributed by atoms with Gasteiger partial charge in [0.1, 0.15) is 0 Å². The minimum absolute atomic E-state index is 0.0849. The molecule has 0 bridgehead atoms. The van der Waals surface area contributed by atoms with Gasteiger partial charge in [-0.1, -0.05) is 57.2 Å². The molecule has 0 unspecified atom stereocenters. The van der Waals surface area contributed by atoms with E-state index in [2.05, 4.69) is 25.1 Å². The standard InChI is InChI=1S/C22H36NO4P/c1-2-3-4-5-6-17-7-8-19-14-20(10-9-18(19)13-17)21-11-12-22(23,15-21)16-27-28(24,25)26/h9-10,14,17,21H,2-8,11-13,15-16,23H2,1H3,(H2,24,25,26)/t17-,21-,22+/m0/s1. The molecule has 1 saturated carbocycles. The van der Waals surface area contributed by atoms with Crippen LogP contribution in [0.15, 0.2) is 18.2 Å². The van der Waals surface area contributed by atoms with Crippen molar-refractivity contribution in [3.05, 3.63) is 34.9 Å². The summed E-state index contributed by atoms with van der Waals surface area (Å²) in [6, 6.07) is 6.92. The lowest BCUT2D eigenvalue weighted by atomic mass is 9.79. The number of unbranched alkanes of at least 4 members (excludes halogenated alkanes) is 3. The SMILES string of the molecule is CCCCCC[C@H]1CCc2cc([C@H]3CC[C@](N)(COP(=O)(O)O)C3)ccc2C1. The molecule has 0 heterocycles. The molecule has 28 heavy (non-hydrogen) atoms. The van der Waals surface area contributed by atoms with E-state index in [1.54, 1.807) is 0 Å². The molecule has 3 atom stereocenters. The number of phosphoric acid groups is 1. The van der Waals surface area contributed by atoms with Gasteiger partial charge < -0.3 is 15.5 Å². The third-order valence-corrected chi connectivity index (χ3v) is 7.13. The Morgan fingerprint density at radius 2 is 2.04 bits per heavy atom. The molecule has 2 aliphatic rings. The van der Waals surface area contributed by atoms with Gasteiger partial charge in [0, 0.05) is 5.54 Å². The zero-order valence-electron chi connectivity index (χ0n) is 17.1. The van der Waals surface area contributed by atoms with Crippen LogP contribution in [-0.4, -0.2) is 21.9 Å². The lowest BCUT2D eigenvalue weighted by Crippen LogP contribution is -2.41. The third kappa shape index (κ3) is 6.14. The van der Waals surface area contributed by atoms with Crippen molar-refractivity contribution in [2.24, 2.45) is 11.7 Å². The minimum Gasteiger partial charge on any atom is -0.323 e. The molecule has 1 fully saturated rings. The molecule has 4 N–H and O–H groups in total. The highest BCUT2D eigenvalue weighted by Crippen LogP contribution is 2.44. The molecule has 0 saturated heterocycles. The summed E-state index contributed by atoms with van der Waals surface area (Å²) in [7, 11) is -4.47. The van der Waals surface area contributed by atoms with Crippen LogP contribution in [0.25, 0.3) is 0 Å². The lowest BCUT2D eigenvalue weighted by molar-refractivity contribution is 0.153. The van der Waals surface area contributed by atoms with Gasteiger partial charge in [-0.05, 0) is 67.1 Å². The van der Waals surface area contributed by atoms with Gasteiger partial charge in [-0.25, -0.2) is 4.57 Å². The second-order valence-corrected chi connectivity index (χ2v) is 10.3. The van der Waals surface area contributed by atoms with Crippen molar-refractivity contribution in [3.63, 3.8) is 0 Å². The Morgan fingerprint density at radius 1 is 1.21 bits per heavy atom. The number of hydrogen-bond donors (Lipinski definition) is 3. The maximum Gasteiger partial charge on any atom is 0.469 e. The average molecular weight is 410 g/mol. The minimum atomic E-state index is -4.47. The van der Waals surface area contributed by atoms with E-state index in [0.29, 0.717) is 12.3 Å². The van der Waals surface area contributed by atoms with Gasteiger partial charge in [-0.3, -0.25) is 4.52 Å². The number of rotatable bonds is 9. The maximum atomic E-state index is 11.0. The molecule has 0 radical (unpaired) electrons. The van der Waals surface area contributed by atoms with Gasteiger partial charge in [-0.15, -0.1) is 0 Å². The zero-order chi connectivity index (χ0) is 20.2. The highest BCUT2D eigenvalue weighted by molar-refractivity contribution is 7.46. The van der Waals surface area contributed by atoms with Crippen LogP contribution in [0.5, 0.6) is 0 Å². The number of phosphoric ester groups is 1. The quantitative estimate of drug-likeness (QED) is 0.401. The van der Waals surface area contributed by atoms with Crippen LogP contribution in [0.3, 0.4) is 0 Å². The van der Waals surface area contributed by atoms with Crippen molar-refractivity contribution in [1.29, 1.82) is 0 Å². The van der Waals surface area contributed by atoms with Crippen molar-refractivity contribution < 1.29 is 18.9 Å². The predicted molar refractivity (Wildman–Crippen MR) is 112 cm³/mol. The lowest BCUT2D eigenvalue weighted by Gasteiger charge is -2.27. The summed E-state index contributed by atoms with van der Waals surface area (Å²) in [6.45, 7) is 2.18. The first-order valence-corrected chi connectivity index (χ1v) is 12.4. The highest BCUT2D eigenvalue weighted by atomic mass is 31.2. The van der Waals surface area contributed by atoms with E-state index in [9.17, 15) is 4.57 Å². The van der Waals surface area contributed by atoms with Crippen LogP contribution in [0.2, 0.25) is 0 Å². The predicted octanol–water partition coefficient (Wildman–Crippen LogP) is 4.84. The summed E-state index contributed by atoms with van der Waals surface area (Å²) < 4.78 is 15.7. The van der Waals surface area contributed by atoms with Crippen molar-refractivity contribution in [2.75, 3.05) is 6.61 Å². The van der Waals surface area contributed by atoms with Crippen LogP contribution in [-0.2, 0) is 21.9 Å². The summed E-state index contributed by atoms with van der Waals surface area (Å²) in [5, 5.41) is 0. The molecular formula is C22H36NO4P. The van der Waals surface area contributed by atoms with Crippen molar-refractivity contribution in [2.45, 2.75) is 89.0 Å². The first-order chi connectivity index (χ1) is 13.3. The van der Waals surface area contributed by atoms with Gasteiger partial charge >= 0.3 is 7.82 Å². The molecule has 2 aliphatic carbocycles. The second-order valence-electron chi connectivity index (χ2n) is 9.05. The van der Waals surface area contributed by atoms with E-state index in [-0.39, 0.29) is 6.61 Å². The Kier molecular flexibility index (Phi) is 7.38. The van der Waals surface area contributed by atoms with Crippen molar-refractivity contribution in [1.82, 2.24) is 0 Å². The van der Waals surface area contributed by atoms with E-state index >= 15 is 0 Å². The molecule has 5 nitrogen and oxygen atoms in total. The molecule has 0 aromatic heterocycles. The molecule has 0 spiro atoms. The van der Waals surface area contributed by atoms with Crippen LogP contribution in [0, 0.1) is 5.92 Å². The first kappa shape index (κ1) is 22.0. The van der Waals surface area contributed by atoms with Gasteiger partial charge in [-0.2, -0.15) is 0 Å². The Bertz CT molecular complexity index is 704. The molecule has 1 aromatic rings. The van der Waals surface area contributed by atoms with Gasteiger partial charge in [0.15, 0.2) is 0 Å². The van der Waals surface area contributed by atoms with E-state index in [4.69, 9.17) is 20.0 Å². The summed E-state index contributed by atoms with van der Waals surface area (Å²) >= 11 is 0. The Balaban J connectivity index is 1.56. The van der Waals surface area contributed by atoms with Crippen LogP contribution in [0.1, 0.15) is 87.3 Å². The number of benzene rings is 1. The van der Waals surface area contributed by atoms with Gasteiger partial charge in [0.25, 0.3) is 0 Å². The Labute approximate surface area is 169 Å². The molecule has 3 rings (SSSR count). The molecule has 6 heteroatoms. The van der Waals surface area contributed by atoms with E-state index in [0.717, 1.165) is 18.8 Å². The van der Waals surface area contributed by atoms with Crippen LogP contribution >= 0.6 is 7.82 Å². The summed E-state index contributed by atoms with van der Waals surface area (Å²) in [4.78, 5) is 17.9. The summed E-state index contributed by atoms with van der Waals surface area (Å²) in [5.41, 5.74) is 10.0. The third-order valence-electron chi connectivity index (χ3n) is 6.66. The fourth-order valence-electron chi connectivity index (χ4n) is 5.00. The van der Waals surface area contributed by atoms with Crippen molar-refractivity contribution in [3.8, 4) is 0 Å². The second kappa shape index (κ2) is 9.40. The smallest absolute Gasteiger partial charge is 0.323 e. The molecule has 0 aliphatic heterocycles. The highest BCUT2D eigenvalue weighted by Gasteiger charge is 2.38. The zero-order valence-corrected chi connectivity index (χ0v) is 18.0. The van der Waals surface area contributed by atoms with E-state index in [1.807, 2.05) is 0 Å². The van der Waals surface area contributed by atoms with E-state index < -0.39 is 13.4 Å². The van der Waals surface area contributed by atoms with E-state index in [1.165, 1.54) is 68.1 Å². The van der Waals surface area contributed by atoms with Gasteiger partial charge in [0.2, 0.25) is 0 Å². The average Bonchev–Trinajstić information content (AvgIpc) is 3.05. The number of hydrogen-bond acceptors (Lipinski definition) is 3. The maximum absolute atomic E-state index is 11.0. The van der Waals surface area contributed by atoms with Gasteiger partial charge in [0.05, 0.1) is 6.61 Å².